The molecule has 14 heavy (non-hydrogen) atoms. The molecule has 2 atom stereocenters. The molecule has 0 bridgehead atoms. The summed E-state index contributed by atoms with van der Waals surface area (Å²) in [7, 11) is 0. The Balaban J connectivity index is 2.15. The van der Waals surface area contributed by atoms with Crippen molar-refractivity contribution >= 4 is 17.6 Å². The lowest BCUT2D eigenvalue weighted by atomic mass is 9.69. The number of rotatable bonds is 3. The van der Waals surface area contributed by atoms with Crippen LogP contribution in [0.25, 0.3) is 0 Å². The first kappa shape index (κ1) is 10.0. The van der Waals surface area contributed by atoms with Gasteiger partial charge in [0.2, 0.25) is 0 Å². The molecule has 0 aromatic heterocycles. The van der Waals surface area contributed by atoms with Gasteiger partial charge in [0.25, 0.3) is 0 Å². The van der Waals surface area contributed by atoms with Crippen molar-refractivity contribution in [2.75, 3.05) is 12.5 Å². The molecule has 2 nitrogen and oxygen atoms in total. The lowest BCUT2D eigenvalue weighted by molar-refractivity contribution is -0.141. The topological polar surface area (TPSA) is 26.3 Å². The molecule has 0 amide bonds. The van der Waals surface area contributed by atoms with E-state index in [1.54, 1.807) is 0 Å². The summed E-state index contributed by atoms with van der Waals surface area (Å²) in [4.78, 5) is 11.5. The second-order valence-corrected chi connectivity index (χ2v) is 4.54. The molecule has 3 heteroatoms. The third kappa shape index (κ3) is 1.56. The number of carbonyl (C=O) groups is 1. The first-order valence-corrected chi connectivity index (χ1v) is 5.72. The van der Waals surface area contributed by atoms with Gasteiger partial charge in [-0.2, -0.15) is 0 Å². The summed E-state index contributed by atoms with van der Waals surface area (Å²) in [5.74, 6) is 0.746. The van der Waals surface area contributed by atoms with Gasteiger partial charge < -0.3 is 4.74 Å². The van der Waals surface area contributed by atoms with E-state index in [9.17, 15) is 4.79 Å². The molecular formula is C11H15ClO2. The highest BCUT2D eigenvalue weighted by Gasteiger charge is 2.48. The number of cyclic esters (lactones) is 1. The van der Waals surface area contributed by atoms with Crippen LogP contribution < -0.4 is 0 Å². The fourth-order valence-electron chi connectivity index (χ4n) is 2.52. The first-order valence-electron chi connectivity index (χ1n) is 5.19. The highest BCUT2D eigenvalue weighted by Crippen LogP contribution is 2.45. The van der Waals surface area contributed by atoms with Gasteiger partial charge in [-0.05, 0) is 25.7 Å². The predicted octanol–water partition coefficient (Wildman–Crippen LogP) is 2.51. The number of carbonyl (C=O) groups excluding carboxylic acids is 1. The zero-order valence-electron chi connectivity index (χ0n) is 8.17. The van der Waals surface area contributed by atoms with Crippen molar-refractivity contribution in [1.82, 2.24) is 0 Å². The highest BCUT2D eigenvalue weighted by molar-refractivity contribution is 6.17. The Hall–Kier alpha value is -0.500. The van der Waals surface area contributed by atoms with Crippen molar-refractivity contribution in [3.63, 3.8) is 0 Å². The monoisotopic (exact) mass is 214 g/mol. The van der Waals surface area contributed by atoms with Crippen LogP contribution in [0.3, 0.4) is 0 Å². The van der Waals surface area contributed by atoms with E-state index in [4.69, 9.17) is 16.3 Å². The number of halogens is 1. The molecule has 1 saturated heterocycles. The van der Waals surface area contributed by atoms with Crippen molar-refractivity contribution in [2.24, 2.45) is 11.3 Å². The van der Waals surface area contributed by atoms with E-state index in [0.29, 0.717) is 12.5 Å². The van der Waals surface area contributed by atoms with Gasteiger partial charge in [0.05, 0.1) is 5.92 Å². The molecule has 0 aromatic rings. The van der Waals surface area contributed by atoms with Gasteiger partial charge in [0.15, 0.2) is 0 Å². The lowest BCUT2D eigenvalue weighted by Crippen LogP contribution is -2.31. The SMILES string of the molecule is O=C1OCC2(CCCCl)C=CCCC12. The van der Waals surface area contributed by atoms with Crippen molar-refractivity contribution in [3.8, 4) is 0 Å². The number of alkyl halides is 1. The van der Waals surface area contributed by atoms with Gasteiger partial charge in [-0.1, -0.05) is 12.2 Å². The van der Waals surface area contributed by atoms with Gasteiger partial charge in [-0.25, -0.2) is 0 Å². The van der Waals surface area contributed by atoms with Gasteiger partial charge in [-0.3, -0.25) is 4.79 Å². The van der Waals surface area contributed by atoms with Gasteiger partial charge in [-0.15, -0.1) is 11.6 Å². The van der Waals surface area contributed by atoms with E-state index >= 15 is 0 Å². The zero-order chi connectivity index (χ0) is 10.0. The standard InChI is InChI=1S/C11H15ClO2/c12-7-3-6-11-5-2-1-4-9(11)10(13)14-8-11/h2,5,9H,1,3-4,6-8H2. The fraction of sp³-hybridized carbons (Fsp3) is 0.727. The molecule has 2 unspecified atom stereocenters. The molecular weight excluding hydrogens is 200 g/mol. The van der Waals surface area contributed by atoms with E-state index in [2.05, 4.69) is 12.2 Å². The van der Waals surface area contributed by atoms with Crippen LogP contribution >= 0.6 is 11.6 Å². The molecule has 1 heterocycles. The summed E-state index contributed by atoms with van der Waals surface area (Å²) in [6.45, 7) is 0.559. The van der Waals surface area contributed by atoms with Gasteiger partial charge in [0, 0.05) is 11.3 Å². The van der Waals surface area contributed by atoms with Crippen molar-refractivity contribution in [3.05, 3.63) is 12.2 Å². The van der Waals surface area contributed by atoms with Crippen LogP contribution in [0, 0.1) is 11.3 Å². The molecule has 0 N–H and O–H groups in total. The predicted molar refractivity (Wildman–Crippen MR) is 55.2 cm³/mol. The number of ether oxygens (including phenoxy) is 1. The van der Waals surface area contributed by atoms with Crippen molar-refractivity contribution in [2.45, 2.75) is 25.7 Å². The van der Waals surface area contributed by atoms with E-state index < -0.39 is 0 Å². The van der Waals surface area contributed by atoms with Crippen molar-refractivity contribution < 1.29 is 9.53 Å². The summed E-state index contributed by atoms with van der Waals surface area (Å²) in [5.41, 5.74) is -0.0236. The zero-order valence-corrected chi connectivity index (χ0v) is 8.93. The van der Waals surface area contributed by atoms with E-state index in [0.717, 1.165) is 25.7 Å². The molecule has 0 radical (unpaired) electrons. The Morgan fingerprint density at radius 1 is 1.64 bits per heavy atom. The van der Waals surface area contributed by atoms with E-state index in [1.807, 2.05) is 0 Å². The number of allylic oxidation sites excluding steroid dienone is 1. The van der Waals surface area contributed by atoms with E-state index in [1.165, 1.54) is 0 Å². The first-order chi connectivity index (χ1) is 6.78. The summed E-state index contributed by atoms with van der Waals surface area (Å²) < 4.78 is 5.17. The largest absolute Gasteiger partial charge is 0.464 e. The molecule has 0 aromatic carbocycles. The Kier molecular flexibility index (Phi) is 2.82. The summed E-state index contributed by atoms with van der Waals surface area (Å²) in [6.07, 6.45) is 8.23. The smallest absolute Gasteiger partial charge is 0.309 e. The van der Waals surface area contributed by atoms with Crippen LogP contribution in [0.4, 0.5) is 0 Å². The number of esters is 1. The minimum absolute atomic E-state index is 0.0103. The normalized spacial score (nSPS) is 35.5. The molecule has 0 saturated carbocycles. The molecule has 78 valence electrons. The van der Waals surface area contributed by atoms with Crippen LogP contribution in [-0.2, 0) is 9.53 Å². The summed E-state index contributed by atoms with van der Waals surface area (Å²) in [6, 6.07) is 0. The van der Waals surface area contributed by atoms with Crippen LogP contribution in [0.15, 0.2) is 12.2 Å². The Morgan fingerprint density at radius 2 is 2.50 bits per heavy atom. The van der Waals surface area contributed by atoms with Crippen LogP contribution in [0.1, 0.15) is 25.7 Å². The second-order valence-electron chi connectivity index (χ2n) is 4.17. The quantitative estimate of drug-likeness (QED) is 0.410. The third-order valence-electron chi connectivity index (χ3n) is 3.31. The minimum atomic E-state index is -0.0236. The van der Waals surface area contributed by atoms with Crippen LogP contribution in [0.2, 0.25) is 0 Å². The molecule has 2 rings (SSSR count). The van der Waals surface area contributed by atoms with Crippen LogP contribution in [-0.4, -0.2) is 18.5 Å². The molecule has 0 spiro atoms. The number of fused-ring (bicyclic) bond motifs is 1. The highest BCUT2D eigenvalue weighted by atomic mass is 35.5. The van der Waals surface area contributed by atoms with Crippen molar-refractivity contribution in [1.29, 1.82) is 0 Å². The molecule has 1 aliphatic heterocycles. The summed E-state index contributed by atoms with van der Waals surface area (Å²) >= 11 is 5.69. The second kappa shape index (κ2) is 3.93. The van der Waals surface area contributed by atoms with Gasteiger partial charge >= 0.3 is 5.97 Å². The average Bonchev–Trinajstić information content (AvgIpc) is 2.55. The van der Waals surface area contributed by atoms with E-state index in [-0.39, 0.29) is 17.3 Å². The lowest BCUT2D eigenvalue weighted by Gasteiger charge is -2.31. The number of hydrogen-bond acceptors (Lipinski definition) is 2. The Bertz CT molecular complexity index is 262. The molecule has 1 aliphatic carbocycles. The Morgan fingerprint density at radius 3 is 3.29 bits per heavy atom. The molecule has 1 fully saturated rings. The molecule has 2 aliphatic rings. The maximum Gasteiger partial charge on any atom is 0.309 e. The Labute approximate surface area is 89.3 Å². The maximum atomic E-state index is 11.5. The number of hydrogen-bond donors (Lipinski definition) is 0. The average molecular weight is 215 g/mol. The maximum absolute atomic E-state index is 11.5. The van der Waals surface area contributed by atoms with Gasteiger partial charge in [0.1, 0.15) is 6.61 Å². The summed E-state index contributed by atoms with van der Waals surface area (Å²) in [5, 5.41) is 0. The van der Waals surface area contributed by atoms with Crippen LogP contribution in [0.5, 0.6) is 0 Å². The third-order valence-corrected chi connectivity index (χ3v) is 3.58. The minimum Gasteiger partial charge on any atom is -0.464 e. The fourth-order valence-corrected chi connectivity index (χ4v) is 2.65.